The van der Waals surface area contributed by atoms with Gasteiger partial charge in [-0.25, -0.2) is 8.42 Å². The highest BCUT2D eigenvalue weighted by atomic mass is 32.2. The van der Waals surface area contributed by atoms with Crippen LogP contribution in [0.1, 0.15) is 25.3 Å². The number of aryl methyl sites for hydroxylation is 1. The molecular formula is C10H15N3O3S. The molecule has 0 aliphatic heterocycles. The minimum atomic E-state index is -3.54. The molecule has 0 aromatic carbocycles. The van der Waals surface area contributed by atoms with Crippen molar-refractivity contribution in [2.75, 3.05) is 6.54 Å². The van der Waals surface area contributed by atoms with E-state index >= 15 is 0 Å². The Morgan fingerprint density at radius 3 is 2.65 bits per heavy atom. The second-order valence-electron chi connectivity index (χ2n) is 3.98. The Morgan fingerprint density at radius 2 is 2.24 bits per heavy atom. The molecule has 0 saturated heterocycles. The standard InChI is InChI=1S/C10H15N3O3S/c1-8(2)13(5-4-11)17(14,15)7-10-6-9(3)16-12-10/h6,8H,5,7H2,1-3H3. The predicted octanol–water partition coefficient (Wildman–Crippen LogP) is 1.05. The van der Waals surface area contributed by atoms with E-state index in [1.807, 2.05) is 6.07 Å². The van der Waals surface area contributed by atoms with Crippen LogP contribution in [0.5, 0.6) is 0 Å². The molecule has 0 bridgehead atoms. The molecule has 0 fully saturated rings. The fourth-order valence-corrected chi connectivity index (χ4v) is 3.00. The van der Waals surface area contributed by atoms with Crippen molar-refractivity contribution in [3.8, 4) is 6.07 Å². The van der Waals surface area contributed by atoms with Crippen molar-refractivity contribution in [1.82, 2.24) is 9.46 Å². The molecule has 1 rings (SSSR count). The third kappa shape index (κ3) is 3.54. The lowest BCUT2D eigenvalue weighted by Gasteiger charge is -2.22. The first-order chi connectivity index (χ1) is 7.86. The van der Waals surface area contributed by atoms with E-state index in [-0.39, 0.29) is 18.3 Å². The molecule has 1 heterocycles. The number of hydrogen-bond acceptors (Lipinski definition) is 5. The summed E-state index contributed by atoms with van der Waals surface area (Å²) >= 11 is 0. The van der Waals surface area contributed by atoms with Crippen molar-refractivity contribution >= 4 is 10.0 Å². The van der Waals surface area contributed by atoms with E-state index in [1.54, 1.807) is 26.8 Å². The maximum absolute atomic E-state index is 12.0. The highest BCUT2D eigenvalue weighted by Gasteiger charge is 2.26. The van der Waals surface area contributed by atoms with Crippen molar-refractivity contribution in [3.05, 3.63) is 17.5 Å². The summed E-state index contributed by atoms with van der Waals surface area (Å²) < 4.78 is 30.0. The van der Waals surface area contributed by atoms with Gasteiger partial charge in [0.15, 0.2) is 0 Å². The smallest absolute Gasteiger partial charge is 0.221 e. The molecule has 0 saturated carbocycles. The fourth-order valence-electron chi connectivity index (χ4n) is 1.43. The highest BCUT2D eigenvalue weighted by molar-refractivity contribution is 7.88. The van der Waals surface area contributed by atoms with Gasteiger partial charge in [-0.05, 0) is 20.8 Å². The first kappa shape index (κ1) is 13.7. The van der Waals surface area contributed by atoms with Crippen LogP contribution in [0, 0.1) is 18.3 Å². The molecule has 94 valence electrons. The molecular weight excluding hydrogens is 242 g/mol. The van der Waals surface area contributed by atoms with Crippen molar-refractivity contribution < 1.29 is 12.9 Å². The lowest BCUT2D eigenvalue weighted by molar-refractivity contribution is 0.378. The SMILES string of the molecule is Cc1cc(CS(=O)(=O)N(CC#N)C(C)C)no1. The zero-order valence-corrected chi connectivity index (χ0v) is 10.9. The third-order valence-electron chi connectivity index (χ3n) is 2.17. The van der Waals surface area contributed by atoms with E-state index in [2.05, 4.69) is 5.16 Å². The Balaban J connectivity index is 2.90. The molecule has 0 atom stereocenters. The van der Waals surface area contributed by atoms with Crippen LogP contribution in [0.15, 0.2) is 10.6 Å². The average Bonchev–Trinajstić information content (AvgIpc) is 2.58. The quantitative estimate of drug-likeness (QED) is 0.736. The van der Waals surface area contributed by atoms with Crippen molar-refractivity contribution in [1.29, 1.82) is 5.26 Å². The van der Waals surface area contributed by atoms with Crippen LogP contribution in [-0.2, 0) is 15.8 Å². The Morgan fingerprint density at radius 1 is 1.59 bits per heavy atom. The monoisotopic (exact) mass is 257 g/mol. The lowest BCUT2D eigenvalue weighted by Crippen LogP contribution is -2.38. The molecule has 1 aromatic rings. The van der Waals surface area contributed by atoms with Crippen LogP contribution in [0.2, 0.25) is 0 Å². The minimum absolute atomic E-state index is 0.156. The zero-order chi connectivity index (χ0) is 13.1. The van der Waals surface area contributed by atoms with Gasteiger partial charge in [-0.1, -0.05) is 5.16 Å². The van der Waals surface area contributed by atoms with Gasteiger partial charge >= 0.3 is 0 Å². The first-order valence-electron chi connectivity index (χ1n) is 5.15. The third-order valence-corrected chi connectivity index (χ3v) is 4.09. The Hall–Kier alpha value is -1.39. The van der Waals surface area contributed by atoms with Gasteiger partial charge in [0.05, 0.1) is 6.07 Å². The van der Waals surface area contributed by atoms with E-state index in [9.17, 15) is 8.42 Å². The molecule has 17 heavy (non-hydrogen) atoms. The van der Waals surface area contributed by atoms with E-state index < -0.39 is 10.0 Å². The van der Waals surface area contributed by atoms with Crippen LogP contribution < -0.4 is 0 Å². The summed E-state index contributed by atoms with van der Waals surface area (Å²) in [6, 6.07) is 3.16. The summed E-state index contributed by atoms with van der Waals surface area (Å²) in [6.07, 6.45) is 0. The Bertz CT molecular complexity index is 513. The second-order valence-corrected chi connectivity index (χ2v) is 5.90. The largest absolute Gasteiger partial charge is 0.361 e. The summed E-state index contributed by atoms with van der Waals surface area (Å²) in [5.74, 6) is 0.316. The molecule has 0 radical (unpaired) electrons. The number of rotatable bonds is 5. The zero-order valence-electron chi connectivity index (χ0n) is 10.0. The molecule has 0 unspecified atom stereocenters. The molecule has 7 heteroatoms. The predicted molar refractivity (Wildman–Crippen MR) is 61.3 cm³/mol. The van der Waals surface area contributed by atoms with Gasteiger partial charge in [0.1, 0.15) is 23.8 Å². The normalized spacial score (nSPS) is 12.0. The molecule has 0 N–H and O–H groups in total. The Kier molecular flexibility index (Phi) is 4.26. The van der Waals surface area contributed by atoms with E-state index in [0.717, 1.165) is 4.31 Å². The van der Waals surface area contributed by atoms with E-state index in [0.29, 0.717) is 11.5 Å². The van der Waals surface area contributed by atoms with Gasteiger partial charge in [-0.2, -0.15) is 9.57 Å². The van der Waals surface area contributed by atoms with Crippen LogP contribution in [0.3, 0.4) is 0 Å². The Labute approximate surface area is 101 Å². The first-order valence-corrected chi connectivity index (χ1v) is 6.76. The summed E-state index contributed by atoms with van der Waals surface area (Å²) in [5.41, 5.74) is 0.353. The van der Waals surface area contributed by atoms with Crippen LogP contribution >= 0.6 is 0 Å². The maximum Gasteiger partial charge on any atom is 0.221 e. The van der Waals surface area contributed by atoms with Crippen LogP contribution in [0.4, 0.5) is 0 Å². The van der Waals surface area contributed by atoms with Gasteiger partial charge in [-0.15, -0.1) is 0 Å². The van der Waals surface area contributed by atoms with Gasteiger partial charge in [0.25, 0.3) is 0 Å². The minimum Gasteiger partial charge on any atom is -0.361 e. The van der Waals surface area contributed by atoms with Crippen LogP contribution in [-0.4, -0.2) is 30.5 Å². The van der Waals surface area contributed by atoms with Gasteiger partial charge in [-0.3, -0.25) is 0 Å². The number of hydrogen-bond donors (Lipinski definition) is 0. The average molecular weight is 257 g/mol. The topological polar surface area (TPSA) is 87.2 Å². The van der Waals surface area contributed by atoms with Crippen molar-refractivity contribution in [3.63, 3.8) is 0 Å². The molecule has 0 aliphatic carbocycles. The molecule has 0 aliphatic rings. The number of aromatic nitrogens is 1. The van der Waals surface area contributed by atoms with Crippen molar-refractivity contribution in [2.24, 2.45) is 0 Å². The van der Waals surface area contributed by atoms with Gasteiger partial charge in [0, 0.05) is 12.1 Å². The molecule has 0 spiro atoms. The number of nitrogens with zero attached hydrogens (tertiary/aromatic N) is 3. The molecule has 1 aromatic heterocycles. The molecule has 6 nitrogen and oxygen atoms in total. The van der Waals surface area contributed by atoms with E-state index in [4.69, 9.17) is 9.78 Å². The van der Waals surface area contributed by atoms with Gasteiger partial charge in [0.2, 0.25) is 10.0 Å². The van der Waals surface area contributed by atoms with Crippen molar-refractivity contribution in [2.45, 2.75) is 32.6 Å². The molecule has 0 amide bonds. The van der Waals surface area contributed by atoms with E-state index in [1.165, 1.54) is 0 Å². The number of sulfonamides is 1. The summed E-state index contributed by atoms with van der Waals surface area (Å²) in [5, 5.41) is 12.3. The lowest BCUT2D eigenvalue weighted by atomic mass is 10.4. The number of nitriles is 1. The van der Waals surface area contributed by atoms with Gasteiger partial charge < -0.3 is 4.52 Å². The summed E-state index contributed by atoms with van der Waals surface area (Å²) in [7, 11) is -3.54. The summed E-state index contributed by atoms with van der Waals surface area (Å²) in [4.78, 5) is 0. The fraction of sp³-hybridized carbons (Fsp3) is 0.600. The van der Waals surface area contributed by atoms with Crippen LogP contribution in [0.25, 0.3) is 0 Å². The highest BCUT2D eigenvalue weighted by Crippen LogP contribution is 2.13. The maximum atomic E-state index is 12.0. The summed E-state index contributed by atoms with van der Waals surface area (Å²) in [6.45, 7) is 4.99. The second kappa shape index (κ2) is 5.29.